The van der Waals surface area contributed by atoms with Crippen molar-refractivity contribution in [3.63, 3.8) is 0 Å². The number of aldehydes is 1. The fourth-order valence-corrected chi connectivity index (χ4v) is 1.97. The van der Waals surface area contributed by atoms with Gasteiger partial charge in [-0.2, -0.15) is 0 Å². The van der Waals surface area contributed by atoms with Crippen LogP contribution in [0.15, 0.2) is 11.6 Å². The van der Waals surface area contributed by atoms with Gasteiger partial charge in [0, 0.05) is 5.92 Å². The monoisotopic (exact) mass is 166 g/mol. The molecule has 2 atom stereocenters. The zero-order valence-corrected chi connectivity index (χ0v) is 8.42. The van der Waals surface area contributed by atoms with E-state index in [9.17, 15) is 4.79 Å². The summed E-state index contributed by atoms with van der Waals surface area (Å²) in [5.41, 5.74) is 1.38. The Morgan fingerprint density at radius 3 is 2.58 bits per heavy atom. The third kappa shape index (κ3) is 1.33. The molecule has 0 saturated carbocycles. The first-order valence-corrected chi connectivity index (χ1v) is 4.62. The molecule has 1 heteroatoms. The second kappa shape index (κ2) is 3.04. The van der Waals surface area contributed by atoms with Crippen LogP contribution in [0.2, 0.25) is 0 Å². The fourth-order valence-electron chi connectivity index (χ4n) is 1.97. The Bertz CT molecular complexity index is 213. The first-order chi connectivity index (χ1) is 5.50. The number of allylic oxidation sites excluding steroid dienone is 2. The van der Waals surface area contributed by atoms with E-state index in [1.807, 2.05) is 0 Å². The van der Waals surface area contributed by atoms with Crippen molar-refractivity contribution in [3.05, 3.63) is 11.6 Å². The van der Waals surface area contributed by atoms with Crippen LogP contribution in [0.4, 0.5) is 0 Å². The molecule has 0 unspecified atom stereocenters. The predicted octanol–water partition coefficient (Wildman–Crippen LogP) is 2.81. The Hall–Kier alpha value is -0.590. The first kappa shape index (κ1) is 9.50. The zero-order valence-electron chi connectivity index (χ0n) is 8.42. The summed E-state index contributed by atoms with van der Waals surface area (Å²) in [4.78, 5) is 10.9. The van der Waals surface area contributed by atoms with Gasteiger partial charge in [-0.25, -0.2) is 0 Å². The van der Waals surface area contributed by atoms with E-state index in [-0.39, 0.29) is 11.3 Å². The van der Waals surface area contributed by atoms with Crippen LogP contribution < -0.4 is 0 Å². The van der Waals surface area contributed by atoms with Crippen LogP contribution in [0.5, 0.6) is 0 Å². The molecule has 1 aliphatic rings. The second-order valence-corrected chi connectivity index (χ2v) is 4.52. The van der Waals surface area contributed by atoms with Crippen LogP contribution in [0, 0.1) is 17.3 Å². The van der Waals surface area contributed by atoms with Crippen LogP contribution >= 0.6 is 0 Å². The van der Waals surface area contributed by atoms with Gasteiger partial charge in [0.25, 0.3) is 0 Å². The fraction of sp³-hybridized carbons (Fsp3) is 0.727. The van der Waals surface area contributed by atoms with Gasteiger partial charge in [-0.15, -0.1) is 0 Å². The van der Waals surface area contributed by atoms with Crippen molar-refractivity contribution in [1.29, 1.82) is 0 Å². The van der Waals surface area contributed by atoms with Gasteiger partial charge in [0.15, 0.2) is 0 Å². The third-order valence-corrected chi connectivity index (χ3v) is 3.49. The van der Waals surface area contributed by atoms with Gasteiger partial charge in [-0.05, 0) is 24.7 Å². The Morgan fingerprint density at radius 2 is 2.17 bits per heavy atom. The van der Waals surface area contributed by atoms with Gasteiger partial charge in [-0.1, -0.05) is 32.4 Å². The van der Waals surface area contributed by atoms with Gasteiger partial charge < -0.3 is 4.79 Å². The third-order valence-electron chi connectivity index (χ3n) is 3.49. The Balaban J connectivity index is 2.99. The molecule has 0 amide bonds. The average Bonchev–Trinajstić information content (AvgIpc) is 1.98. The summed E-state index contributed by atoms with van der Waals surface area (Å²) in [6, 6.07) is 0. The highest BCUT2D eigenvalue weighted by molar-refractivity contribution is 5.60. The van der Waals surface area contributed by atoms with E-state index in [1.54, 1.807) is 0 Å². The molecule has 1 rings (SSSR count). The molecule has 0 aromatic rings. The van der Waals surface area contributed by atoms with Crippen LogP contribution in [0.3, 0.4) is 0 Å². The summed E-state index contributed by atoms with van der Waals surface area (Å²) >= 11 is 0. The lowest BCUT2D eigenvalue weighted by atomic mass is 9.64. The molecule has 1 aliphatic carbocycles. The highest BCUT2D eigenvalue weighted by Gasteiger charge is 2.37. The maximum absolute atomic E-state index is 10.9. The van der Waals surface area contributed by atoms with Crippen LogP contribution in [0.1, 0.15) is 34.1 Å². The zero-order chi connectivity index (χ0) is 9.35. The van der Waals surface area contributed by atoms with Crippen molar-refractivity contribution >= 4 is 6.29 Å². The number of rotatable bonds is 1. The van der Waals surface area contributed by atoms with Crippen molar-refractivity contribution in [3.8, 4) is 0 Å². The predicted molar refractivity (Wildman–Crippen MR) is 50.9 cm³/mol. The smallest absolute Gasteiger partial charge is 0.127 e. The molecule has 0 spiro atoms. The Morgan fingerprint density at radius 1 is 1.58 bits per heavy atom. The Kier molecular flexibility index (Phi) is 2.41. The van der Waals surface area contributed by atoms with Crippen LogP contribution in [-0.2, 0) is 4.79 Å². The summed E-state index contributed by atoms with van der Waals surface area (Å²) in [5, 5.41) is 0. The van der Waals surface area contributed by atoms with Crippen molar-refractivity contribution in [2.75, 3.05) is 0 Å². The standard InChI is InChI=1S/C11H18O/c1-8-5-6-9(2)11(3,4)10(8)7-12/h5,7,9-10H,6H2,1-4H3/t9-,10-/m1/s1. The lowest BCUT2D eigenvalue weighted by Crippen LogP contribution is -2.35. The highest BCUT2D eigenvalue weighted by Crippen LogP contribution is 2.43. The van der Waals surface area contributed by atoms with Crippen LogP contribution in [0.25, 0.3) is 0 Å². The minimum Gasteiger partial charge on any atom is -0.303 e. The van der Waals surface area contributed by atoms with Crippen molar-refractivity contribution < 1.29 is 4.79 Å². The average molecular weight is 166 g/mol. The molecule has 0 radical (unpaired) electrons. The molecule has 0 heterocycles. The minimum atomic E-state index is 0.126. The summed E-state index contributed by atoms with van der Waals surface area (Å²) in [7, 11) is 0. The highest BCUT2D eigenvalue weighted by atomic mass is 16.1. The molecular formula is C11H18O. The van der Waals surface area contributed by atoms with E-state index >= 15 is 0 Å². The summed E-state index contributed by atoms with van der Waals surface area (Å²) < 4.78 is 0. The summed E-state index contributed by atoms with van der Waals surface area (Å²) in [5.74, 6) is 0.734. The summed E-state index contributed by atoms with van der Waals surface area (Å²) in [6.45, 7) is 8.66. The molecule has 12 heavy (non-hydrogen) atoms. The number of hydrogen-bond donors (Lipinski definition) is 0. The van der Waals surface area contributed by atoms with E-state index in [0.29, 0.717) is 5.92 Å². The quantitative estimate of drug-likeness (QED) is 0.432. The van der Waals surface area contributed by atoms with E-state index in [4.69, 9.17) is 0 Å². The molecular weight excluding hydrogens is 148 g/mol. The molecule has 0 N–H and O–H groups in total. The SMILES string of the molecule is CC1=CC[C@@H](C)C(C)(C)[C@@H]1C=O. The molecule has 0 saturated heterocycles. The molecule has 68 valence electrons. The van der Waals surface area contributed by atoms with Crippen molar-refractivity contribution in [2.45, 2.75) is 34.1 Å². The molecule has 0 aromatic heterocycles. The van der Waals surface area contributed by atoms with Gasteiger partial charge in [0.2, 0.25) is 0 Å². The number of carbonyl (C=O) groups excluding carboxylic acids is 1. The topological polar surface area (TPSA) is 17.1 Å². The normalized spacial score (nSPS) is 34.2. The molecule has 1 nitrogen and oxygen atoms in total. The minimum absolute atomic E-state index is 0.126. The van der Waals surface area contributed by atoms with Gasteiger partial charge >= 0.3 is 0 Å². The van der Waals surface area contributed by atoms with Gasteiger partial charge in [0.1, 0.15) is 6.29 Å². The lowest BCUT2D eigenvalue weighted by molar-refractivity contribution is -0.114. The van der Waals surface area contributed by atoms with E-state index in [2.05, 4.69) is 33.8 Å². The molecule has 0 aliphatic heterocycles. The van der Waals surface area contributed by atoms with E-state index < -0.39 is 0 Å². The molecule has 0 aromatic carbocycles. The maximum Gasteiger partial charge on any atom is 0.127 e. The van der Waals surface area contributed by atoms with Crippen molar-refractivity contribution in [1.82, 2.24) is 0 Å². The van der Waals surface area contributed by atoms with Gasteiger partial charge in [0.05, 0.1) is 0 Å². The van der Waals surface area contributed by atoms with E-state index in [1.165, 1.54) is 5.57 Å². The molecule has 0 fully saturated rings. The first-order valence-electron chi connectivity index (χ1n) is 4.62. The summed E-state index contributed by atoms with van der Waals surface area (Å²) in [6.07, 6.45) is 4.42. The van der Waals surface area contributed by atoms with E-state index in [0.717, 1.165) is 12.7 Å². The lowest BCUT2D eigenvalue weighted by Gasteiger charge is -2.40. The van der Waals surface area contributed by atoms with Crippen molar-refractivity contribution in [2.24, 2.45) is 17.3 Å². The number of hydrogen-bond acceptors (Lipinski definition) is 1. The maximum atomic E-state index is 10.9. The second-order valence-electron chi connectivity index (χ2n) is 4.52. The van der Waals surface area contributed by atoms with Gasteiger partial charge in [-0.3, -0.25) is 0 Å². The van der Waals surface area contributed by atoms with Crippen LogP contribution in [-0.4, -0.2) is 6.29 Å². The number of carbonyl (C=O) groups is 1. The largest absolute Gasteiger partial charge is 0.303 e. The molecule has 0 bridgehead atoms. The Labute approximate surface area is 74.9 Å².